The Bertz CT molecular complexity index is 855. The number of carbonyl (C=O) groups excluding carboxylic acids is 3. The van der Waals surface area contributed by atoms with Crippen LogP contribution in [0.5, 0.6) is 5.75 Å². The van der Waals surface area contributed by atoms with E-state index >= 15 is 0 Å². The number of primary amides is 1. The standard InChI is InChI=1S/C18H16Cl2N2O5/c1-10(17(24)22-15-8-12(19)4-7-14(15)20)27-18(25)11-2-5-13(6-3-11)26-9-16(21)23/h2-8,10H,9H2,1H3,(H2,21,23)(H,22,24)/t10-/m0/s1. The number of hydrogen-bond acceptors (Lipinski definition) is 5. The number of benzene rings is 2. The van der Waals surface area contributed by atoms with Crippen LogP contribution in [-0.4, -0.2) is 30.5 Å². The van der Waals surface area contributed by atoms with E-state index in [1.165, 1.54) is 43.3 Å². The van der Waals surface area contributed by atoms with Crippen molar-refractivity contribution in [1.82, 2.24) is 0 Å². The third kappa shape index (κ3) is 6.16. The van der Waals surface area contributed by atoms with E-state index in [1.54, 1.807) is 6.07 Å². The summed E-state index contributed by atoms with van der Waals surface area (Å²) in [5.41, 5.74) is 5.51. The van der Waals surface area contributed by atoms with Crippen LogP contribution >= 0.6 is 23.2 Å². The second kappa shape index (κ2) is 9.25. The smallest absolute Gasteiger partial charge is 0.338 e. The zero-order valence-corrected chi connectivity index (χ0v) is 15.7. The van der Waals surface area contributed by atoms with E-state index in [0.29, 0.717) is 21.5 Å². The van der Waals surface area contributed by atoms with Crippen LogP contribution in [0.4, 0.5) is 5.69 Å². The highest BCUT2D eigenvalue weighted by Crippen LogP contribution is 2.25. The molecule has 0 radical (unpaired) electrons. The lowest BCUT2D eigenvalue weighted by atomic mass is 10.2. The highest BCUT2D eigenvalue weighted by molar-refractivity contribution is 6.35. The molecule has 2 rings (SSSR count). The van der Waals surface area contributed by atoms with Gasteiger partial charge in [-0.2, -0.15) is 0 Å². The Morgan fingerprint density at radius 1 is 1.11 bits per heavy atom. The van der Waals surface area contributed by atoms with E-state index in [1.807, 2.05) is 0 Å². The van der Waals surface area contributed by atoms with Gasteiger partial charge < -0.3 is 20.5 Å². The maximum Gasteiger partial charge on any atom is 0.338 e. The summed E-state index contributed by atoms with van der Waals surface area (Å²) in [6.07, 6.45) is -1.07. The van der Waals surface area contributed by atoms with Crippen LogP contribution in [-0.2, 0) is 14.3 Å². The molecule has 0 aromatic heterocycles. The molecule has 27 heavy (non-hydrogen) atoms. The molecule has 2 amide bonds. The molecule has 2 aromatic carbocycles. The topological polar surface area (TPSA) is 108 Å². The summed E-state index contributed by atoms with van der Waals surface area (Å²) in [6.45, 7) is 1.16. The van der Waals surface area contributed by atoms with Gasteiger partial charge in [-0.3, -0.25) is 9.59 Å². The first-order valence-corrected chi connectivity index (χ1v) is 8.50. The molecule has 142 valence electrons. The molecular formula is C18H16Cl2N2O5. The molecule has 0 spiro atoms. The van der Waals surface area contributed by atoms with Crippen molar-refractivity contribution in [2.24, 2.45) is 5.73 Å². The fourth-order valence-electron chi connectivity index (χ4n) is 1.95. The number of nitrogens with two attached hydrogens (primary N) is 1. The molecule has 3 N–H and O–H groups in total. The van der Waals surface area contributed by atoms with E-state index in [2.05, 4.69) is 5.32 Å². The molecule has 0 unspecified atom stereocenters. The van der Waals surface area contributed by atoms with Crippen molar-refractivity contribution in [3.05, 3.63) is 58.1 Å². The van der Waals surface area contributed by atoms with Crippen LogP contribution in [0.2, 0.25) is 10.0 Å². The lowest BCUT2D eigenvalue weighted by Gasteiger charge is -2.14. The van der Waals surface area contributed by atoms with Crippen molar-refractivity contribution in [2.45, 2.75) is 13.0 Å². The predicted octanol–water partition coefficient (Wildman–Crippen LogP) is 3.04. The summed E-state index contributed by atoms with van der Waals surface area (Å²) >= 11 is 11.9. The van der Waals surface area contributed by atoms with Crippen molar-refractivity contribution < 1.29 is 23.9 Å². The third-order valence-corrected chi connectivity index (χ3v) is 3.88. The summed E-state index contributed by atoms with van der Waals surface area (Å²) in [6, 6.07) is 10.5. The maximum atomic E-state index is 12.2. The minimum Gasteiger partial charge on any atom is -0.484 e. The quantitative estimate of drug-likeness (QED) is 0.681. The number of carbonyl (C=O) groups is 3. The Hall–Kier alpha value is -2.77. The van der Waals surface area contributed by atoms with Gasteiger partial charge in [0.2, 0.25) is 0 Å². The second-order valence-corrected chi connectivity index (χ2v) is 6.28. The van der Waals surface area contributed by atoms with Gasteiger partial charge in [0, 0.05) is 5.02 Å². The molecule has 9 heteroatoms. The second-order valence-electron chi connectivity index (χ2n) is 5.44. The summed E-state index contributed by atoms with van der Waals surface area (Å²) in [5, 5.41) is 3.25. The number of hydrogen-bond donors (Lipinski definition) is 2. The van der Waals surface area contributed by atoms with E-state index in [0.717, 1.165) is 0 Å². The molecule has 0 aliphatic rings. The summed E-state index contributed by atoms with van der Waals surface area (Å²) in [7, 11) is 0. The third-order valence-electron chi connectivity index (χ3n) is 3.31. The number of esters is 1. The first kappa shape index (κ1) is 20.5. The Balaban J connectivity index is 1.95. The molecule has 0 saturated carbocycles. The van der Waals surface area contributed by atoms with Gasteiger partial charge in [0.25, 0.3) is 11.8 Å². The van der Waals surface area contributed by atoms with Gasteiger partial charge in [-0.15, -0.1) is 0 Å². The summed E-state index contributed by atoms with van der Waals surface area (Å²) in [4.78, 5) is 35.0. The van der Waals surface area contributed by atoms with E-state index < -0.39 is 23.9 Å². The monoisotopic (exact) mass is 410 g/mol. The van der Waals surface area contributed by atoms with E-state index in [-0.39, 0.29) is 12.2 Å². The average molecular weight is 411 g/mol. The minimum atomic E-state index is -1.07. The SMILES string of the molecule is C[C@H](OC(=O)c1ccc(OCC(N)=O)cc1)C(=O)Nc1cc(Cl)ccc1Cl. The number of ether oxygens (including phenoxy) is 2. The summed E-state index contributed by atoms with van der Waals surface area (Å²) in [5.74, 6) is -1.50. The average Bonchev–Trinajstić information content (AvgIpc) is 2.63. The Morgan fingerprint density at radius 3 is 2.41 bits per heavy atom. The lowest BCUT2D eigenvalue weighted by Crippen LogP contribution is -2.30. The van der Waals surface area contributed by atoms with Gasteiger partial charge in [-0.1, -0.05) is 23.2 Å². The molecule has 0 heterocycles. The maximum absolute atomic E-state index is 12.2. The Morgan fingerprint density at radius 2 is 1.78 bits per heavy atom. The van der Waals surface area contributed by atoms with Crippen LogP contribution < -0.4 is 15.8 Å². The Labute approximate surface area is 165 Å². The van der Waals surface area contributed by atoms with Gasteiger partial charge >= 0.3 is 5.97 Å². The van der Waals surface area contributed by atoms with Crippen molar-refractivity contribution in [3.63, 3.8) is 0 Å². The number of amides is 2. The normalized spacial score (nSPS) is 11.4. The van der Waals surface area contributed by atoms with Gasteiger partial charge in [-0.05, 0) is 49.4 Å². The fraction of sp³-hybridized carbons (Fsp3) is 0.167. The molecule has 0 aliphatic carbocycles. The number of anilines is 1. The first-order chi connectivity index (χ1) is 12.8. The van der Waals surface area contributed by atoms with Crippen LogP contribution in [0.1, 0.15) is 17.3 Å². The minimum absolute atomic E-state index is 0.210. The summed E-state index contributed by atoms with van der Waals surface area (Å²) < 4.78 is 10.2. The number of halogens is 2. The first-order valence-electron chi connectivity index (χ1n) is 7.74. The van der Waals surface area contributed by atoms with Crippen molar-refractivity contribution >= 4 is 46.7 Å². The molecule has 0 fully saturated rings. The highest BCUT2D eigenvalue weighted by Gasteiger charge is 2.20. The molecule has 7 nitrogen and oxygen atoms in total. The van der Waals surface area contributed by atoms with E-state index in [4.69, 9.17) is 38.4 Å². The predicted molar refractivity (Wildman–Crippen MR) is 101 cm³/mol. The van der Waals surface area contributed by atoms with Crippen molar-refractivity contribution in [1.29, 1.82) is 0 Å². The van der Waals surface area contributed by atoms with Crippen LogP contribution in [0.3, 0.4) is 0 Å². The molecule has 0 saturated heterocycles. The van der Waals surface area contributed by atoms with Gasteiger partial charge in [0.15, 0.2) is 12.7 Å². The number of rotatable bonds is 7. The van der Waals surface area contributed by atoms with Crippen molar-refractivity contribution in [2.75, 3.05) is 11.9 Å². The van der Waals surface area contributed by atoms with Crippen molar-refractivity contribution in [3.8, 4) is 5.75 Å². The molecule has 1 atom stereocenters. The molecule has 0 bridgehead atoms. The highest BCUT2D eigenvalue weighted by atomic mass is 35.5. The van der Waals surface area contributed by atoms with E-state index in [9.17, 15) is 14.4 Å². The van der Waals surface area contributed by atoms with Gasteiger partial charge in [-0.25, -0.2) is 4.79 Å². The van der Waals surface area contributed by atoms with Crippen LogP contribution in [0, 0.1) is 0 Å². The van der Waals surface area contributed by atoms with Crippen LogP contribution in [0.25, 0.3) is 0 Å². The zero-order chi connectivity index (χ0) is 20.0. The van der Waals surface area contributed by atoms with Crippen LogP contribution in [0.15, 0.2) is 42.5 Å². The Kier molecular flexibility index (Phi) is 7.04. The molecule has 0 aliphatic heterocycles. The lowest BCUT2D eigenvalue weighted by molar-refractivity contribution is -0.123. The van der Waals surface area contributed by atoms with Gasteiger partial charge in [0.1, 0.15) is 5.75 Å². The fourth-order valence-corrected chi connectivity index (χ4v) is 2.29. The largest absolute Gasteiger partial charge is 0.484 e. The van der Waals surface area contributed by atoms with Gasteiger partial charge in [0.05, 0.1) is 16.3 Å². The number of nitrogens with one attached hydrogen (secondary N) is 1. The molecular weight excluding hydrogens is 395 g/mol. The molecule has 2 aromatic rings. The zero-order valence-electron chi connectivity index (χ0n) is 14.2.